The Morgan fingerprint density at radius 3 is 1.04 bits per heavy atom. The van der Waals surface area contributed by atoms with Gasteiger partial charge in [0.05, 0.1) is 22.1 Å². The van der Waals surface area contributed by atoms with Crippen molar-refractivity contribution in [2.24, 2.45) is 0 Å². The number of hydrogen-bond donors (Lipinski definition) is 0. The zero-order valence-corrected chi connectivity index (χ0v) is 40.7. The second-order valence-corrected chi connectivity index (χ2v) is 19.5. The second kappa shape index (κ2) is 16.6. The molecular weight excluding hydrogens is 931 g/mol. The SMILES string of the molecule is c1ccc(-c2nc(-c3cc(-c4cccc5oc6ccccc6c45)cc(-c4cccc5oc6ccccc6c45)c3)nc(-c3cc(-n4c5ccccc5c5ccccc54)cc(-n4c5ccccc5c5ccccc54)c3)n2)cc1. The Balaban J connectivity index is 0.991. The standard InChI is InChI=1S/C69H41N5O2/c1-2-18-42(19-3-1)67-70-68(45-37-43(49-26-16-34-63-65(49)55-24-8-14-32-61(55)75-63)36-44(38-45)50-27-17-35-64-66(50)56-25-9-15-33-62(56)76-64)72-69(71-67)46-39-47(73-57-28-10-4-20-51(57)52-21-5-11-29-58(52)73)41-48(40-46)74-59-30-12-6-22-53(59)54-23-7-13-31-60(54)74/h1-41H. The van der Waals surface area contributed by atoms with Crippen LogP contribution >= 0.6 is 0 Å². The molecule has 0 amide bonds. The molecule has 0 N–H and O–H groups in total. The maximum absolute atomic E-state index is 6.49. The number of hydrogen-bond acceptors (Lipinski definition) is 5. The molecule has 0 radical (unpaired) electrons. The third-order valence-electron chi connectivity index (χ3n) is 15.1. The average Bonchev–Trinajstić information content (AvgIpc) is 4.28. The molecule has 0 saturated carbocycles. The molecule has 0 aliphatic rings. The molecule has 0 aliphatic carbocycles. The van der Waals surface area contributed by atoms with Crippen molar-refractivity contribution in [1.29, 1.82) is 0 Å². The van der Waals surface area contributed by atoms with Gasteiger partial charge in [0.25, 0.3) is 0 Å². The van der Waals surface area contributed by atoms with Crippen LogP contribution in [0.2, 0.25) is 0 Å². The molecule has 0 unspecified atom stereocenters. The first-order valence-electron chi connectivity index (χ1n) is 25.6. The Bertz CT molecular complexity index is 4650. The first-order chi connectivity index (χ1) is 37.7. The van der Waals surface area contributed by atoms with Crippen molar-refractivity contribution in [2.75, 3.05) is 0 Å². The van der Waals surface area contributed by atoms with Gasteiger partial charge in [-0.2, -0.15) is 0 Å². The normalized spacial score (nSPS) is 11.9. The van der Waals surface area contributed by atoms with Gasteiger partial charge in [-0.05, 0) is 107 Å². The lowest BCUT2D eigenvalue weighted by Gasteiger charge is -2.16. The van der Waals surface area contributed by atoms with E-state index in [1.165, 1.54) is 21.5 Å². The van der Waals surface area contributed by atoms with E-state index in [1.807, 2.05) is 54.6 Å². The van der Waals surface area contributed by atoms with E-state index >= 15 is 0 Å². The van der Waals surface area contributed by atoms with E-state index < -0.39 is 0 Å². The maximum atomic E-state index is 6.49. The topological polar surface area (TPSA) is 74.8 Å². The number of para-hydroxylation sites is 6. The van der Waals surface area contributed by atoms with Gasteiger partial charge in [0.2, 0.25) is 0 Å². The molecule has 0 fully saturated rings. The highest BCUT2D eigenvalue weighted by Crippen LogP contribution is 2.44. The molecule has 0 saturated heterocycles. The minimum Gasteiger partial charge on any atom is -0.456 e. The molecule has 7 nitrogen and oxygen atoms in total. The number of benzene rings is 11. The van der Waals surface area contributed by atoms with Gasteiger partial charge in [0.15, 0.2) is 17.5 Å². The molecule has 7 heteroatoms. The van der Waals surface area contributed by atoms with Crippen molar-refractivity contribution in [2.45, 2.75) is 0 Å². The molecule has 16 rings (SSSR count). The van der Waals surface area contributed by atoms with Crippen molar-refractivity contribution >= 4 is 87.5 Å². The Kier molecular flexibility index (Phi) is 9.20. The van der Waals surface area contributed by atoms with E-state index in [4.69, 9.17) is 23.8 Å². The Morgan fingerprint density at radius 1 is 0.250 bits per heavy atom. The van der Waals surface area contributed by atoms with Gasteiger partial charge in [-0.15, -0.1) is 0 Å². The third-order valence-corrected chi connectivity index (χ3v) is 15.1. The fraction of sp³-hybridized carbons (Fsp3) is 0. The fourth-order valence-corrected chi connectivity index (χ4v) is 11.8. The minimum absolute atomic E-state index is 0.543. The first kappa shape index (κ1) is 42.2. The number of furan rings is 2. The summed E-state index contributed by atoms with van der Waals surface area (Å²) in [4.78, 5) is 16.4. The van der Waals surface area contributed by atoms with Crippen LogP contribution in [0.25, 0.3) is 155 Å². The van der Waals surface area contributed by atoms with Crippen LogP contribution in [0.1, 0.15) is 0 Å². The molecule has 0 spiro atoms. The lowest BCUT2D eigenvalue weighted by Crippen LogP contribution is -2.03. The summed E-state index contributed by atoms with van der Waals surface area (Å²) in [6.45, 7) is 0. The second-order valence-electron chi connectivity index (χ2n) is 19.5. The predicted octanol–water partition coefficient (Wildman–Crippen LogP) is 18.2. The molecular formula is C69H41N5O2. The molecule has 0 aliphatic heterocycles. The monoisotopic (exact) mass is 971 g/mol. The van der Waals surface area contributed by atoms with Crippen molar-refractivity contribution in [3.05, 3.63) is 249 Å². The summed E-state index contributed by atoms with van der Waals surface area (Å²) in [7, 11) is 0. The highest BCUT2D eigenvalue weighted by molar-refractivity contribution is 6.15. The van der Waals surface area contributed by atoms with Crippen LogP contribution in [-0.2, 0) is 0 Å². The van der Waals surface area contributed by atoms with Gasteiger partial charge < -0.3 is 18.0 Å². The van der Waals surface area contributed by atoms with E-state index in [1.54, 1.807) is 0 Å². The van der Waals surface area contributed by atoms with Crippen molar-refractivity contribution in [3.63, 3.8) is 0 Å². The number of nitrogens with zero attached hydrogens (tertiary/aromatic N) is 5. The summed E-state index contributed by atoms with van der Waals surface area (Å²) < 4.78 is 17.7. The molecule has 11 aromatic carbocycles. The molecule has 0 atom stereocenters. The highest BCUT2D eigenvalue weighted by atomic mass is 16.3. The molecule has 5 heterocycles. The lowest BCUT2D eigenvalue weighted by atomic mass is 9.92. The zero-order valence-electron chi connectivity index (χ0n) is 40.7. The zero-order chi connectivity index (χ0) is 49.8. The number of rotatable bonds is 7. The summed E-state index contributed by atoms with van der Waals surface area (Å²) in [5.74, 6) is 1.66. The number of aromatic nitrogens is 5. The van der Waals surface area contributed by atoms with E-state index in [0.717, 1.165) is 116 Å². The van der Waals surface area contributed by atoms with Crippen LogP contribution in [0.15, 0.2) is 258 Å². The van der Waals surface area contributed by atoms with E-state index in [2.05, 4.69) is 203 Å². The van der Waals surface area contributed by atoms with E-state index in [-0.39, 0.29) is 0 Å². The molecule has 0 bridgehead atoms. The van der Waals surface area contributed by atoms with Crippen molar-refractivity contribution in [3.8, 4) is 67.8 Å². The highest BCUT2D eigenvalue weighted by Gasteiger charge is 2.22. The molecule has 76 heavy (non-hydrogen) atoms. The van der Waals surface area contributed by atoms with Gasteiger partial charge in [-0.1, -0.05) is 164 Å². The van der Waals surface area contributed by atoms with Gasteiger partial charge in [-0.3, -0.25) is 0 Å². The predicted molar refractivity (Wildman–Crippen MR) is 310 cm³/mol. The van der Waals surface area contributed by atoms with E-state index in [0.29, 0.717) is 17.5 Å². The summed E-state index contributed by atoms with van der Waals surface area (Å²) >= 11 is 0. The molecule has 16 aromatic rings. The summed E-state index contributed by atoms with van der Waals surface area (Å²) in [6, 6.07) is 87.5. The van der Waals surface area contributed by atoms with Gasteiger partial charge >= 0.3 is 0 Å². The Labute approximate surface area is 434 Å². The average molecular weight is 972 g/mol. The smallest absolute Gasteiger partial charge is 0.164 e. The van der Waals surface area contributed by atoms with Crippen molar-refractivity contribution < 1.29 is 8.83 Å². The minimum atomic E-state index is 0.543. The van der Waals surface area contributed by atoms with Gasteiger partial charge in [-0.25, -0.2) is 15.0 Å². The van der Waals surface area contributed by atoms with Crippen LogP contribution in [0.3, 0.4) is 0 Å². The third kappa shape index (κ3) is 6.52. The molecule has 354 valence electrons. The van der Waals surface area contributed by atoms with Gasteiger partial charge in [0, 0.05) is 71.2 Å². The largest absolute Gasteiger partial charge is 0.456 e. The number of fused-ring (bicyclic) bond motifs is 12. The van der Waals surface area contributed by atoms with Crippen molar-refractivity contribution in [1.82, 2.24) is 24.1 Å². The van der Waals surface area contributed by atoms with Crippen LogP contribution < -0.4 is 0 Å². The quantitative estimate of drug-likeness (QED) is 0.159. The van der Waals surface area contributed by atoms with Crippen LogP contribution in [-0.4, -0.2) is 24.1 Å². The van der Waals surface area contributed by atoms with Crippen LogP contribution in [0.4, 0.5) is 0 Å². The van der Waals surface area contributed by atoms with Crippen LogP contribution in [0.5, 0.6) is 0 Å². The summed E-state index contributed by atoms with van der Waals surface area (Å²) in [5, 5.41) is 8.95. The Morgan fingerprint density at radius 2 is 0.592 bits per heavy atom. The Hall–Kier alpha value is -10.4. The van der Waals surface area contributed by atoms with Crippen LogP contribution in [0, 0.1) is 0 Å². The summed E-state index contributed by atoms with van der Waals surface area (Å²) in [6.07, 6.45) is 0. The lowest BCUT2D eigenvalue weighted by molar-refractivity contribution is 0.668. The first-order valence-corrected chi connectivity index (χ1v) is 25.6. The van der Waals surface area contributed by atoms with Gasteiger partial charge in [0.1, 0.15) is 22.3 Å². The fourth-order valence-electron chi connectivity index (χ4n) is 11.8. The van der Waals surface area contributed by atoms with E-state index in [9.17, 15) is 0 Å². The summed E-state index contributed by atoms with van der Waals surface area (Å²) in [5.41, 5.74) is 16.4. The molecule has 5 aromatic heterocycles. The maximum Gasteiger partial charge on any atom is 0.164 e.